The molecule has 0 unspecified atom stereocenters. The van der Waals surface area contributed by atoms with Gasteiger partial charge >= 0.3 is 0 Å². The van der Waals surface area contributed by atoms with E-state index in [1.807, 2.05) is 30.8 Å². The van der Waals surface area contributed by atoms with E-state index in [1.165, 1.54) is 11.1 Å². The monoisotopic (exact) mass is 242 g/mol. The van der Waals surface area contributed by atoms with Crippen molar-refractivity contribution in [3.05, 3.63) is 41.1 Å². The van der Waals surface area contributed by atoms with E-state index in [9.17, 15) is 4.79 Å². The highest BCUT2D eigenvalue weighted by atomic mass is 16.1. The first-order chi connectivity index (χ1) is 8.52. The third-order valence-electron chi connectivity index (χ3n) is 3.20. The fourth-order valence-electron chi connectivity index (χ4n) is 1.87. The van der Waals surface area contributed by atoms with Gasteiger partial charge in [0.15, 0.2) is 6.29 Å². The second kappa shape index (κ2) is 4.77. The molecular formula is C15H18N2O. The molecule has 0 saturated heterocycles. The Bertz CT molecular complexity index is 582. The second-order valence-electron chi connectivity index (χ2n) is 4.92. The number of rotatable bonds is 3. The Morgan fingerprint density at radius 1 is 1.22 bits per heavy atom. The van der Waals surface area contributed by atoms with E-state index < -0.39 is 0 Å². The van der Waals surface area contributed by atoms with Gasteiger partial charge in [-0.05, 0) is 44.9 Å². The van der Waals surface area contributed by atoms with Gasteiger partial charge in [0.25, 0.3) is 0 Å². The molecule has 1 aromatic heterocycles. The zero-order chi connectivity index (χ0) is 13.3. The van der Waals surface area contributed by atoms with Gasteiger partial charge in [-0.1, -0.05) is 12.1 Å². The minimum atomic E-state index is 0.254. The smallest absolute Gasteiger partial charge is 0.153 e. The van der Waals surface area contributed by atoms with Gasteiger partial charge in [-0.2, -0.15) is 5.10 Å². The van der Waals surface area contributed by atoms with Crippen molar-refractivity contribution in [3.63, 3.8) is 0 Å². The maximum Gasteiger partial charge on any atom is 0.153 e. The molecule has 0 N–H and O–H groups in total. The first kappa shape index (κ1) is 12.6. The quantitative estimate of drug-likeness (QED) is 0.771. The zero-order valence-corrected chi connectivity index (χ0v) is 11.3. The highest BCUT2D eigenvalue weighted by Gasteiger charge is 2.12. The lowest BCUT2D eigenvalue weighted by Gasteiger charge is -2.05. The van der Waals surface area contributed by atoms with Crippen LogP contribution in [0, 0.1) is 13.8 Å². The maximum absolute atomic E-state index is 11.1. The number of hydrogen-bond acceptors (Lipinski definition) is 2. The lowest BCUT2D eigenvalue weighted by molar-refractivity contribution is 0.112. The van der Waals surface area contributed by atoms with Crippen LogP contribution in [-0.4, -0.2) is 16.1 Å². The van der Waals surface area contributed by atoms with Gasteiger partial charge in [0, 0.05) is 17.8 Å². The number of aldehydes is 1. The standard InChI is InChI=1S/C15H18N2O/c1-10(2)17-8-14(9-18)15(16-17)13-6-5-11(3)12(4)7-13/h5-10H,1-4H3. The van der Waals surface area contributed by atoms with Crippen LogP contribution in [0.25, 0.3) is 11.3 Å². The Balaban J connectivity index is 2.55. The molecule has 0 aliphatic heterocycles. The van der Waals surface area contributed by atoms with Crippen molar-refractivity contribution in [2.45, 2.75) is 33.7 Å². The zero-order valence-electron chi connectivity index (χ0n) is 11.3. The van der Waals surface area contributed by atoms with Crippen LogP contribution in [0.1, 0.15) is 41.4 Å². The molecule has 3 nitrogen and oxygen atoms in total. The number of carbonyl (C=O) groups is 1. The summed E-state index contributed by atoms with van der Waals surface area (Å²) in [7, 11) is 0. The summed E-state index contributed by atoms with van der Waals surface area (Å²) in [5.41, 5.74) is 4.87. The normalized spacial score (nSPS) is 10.9. The summed E-state index contributed by atoms with van der Waals surface area (Å²) in [4.78, 5) is 11.1. The largest absolute Gasteiger partial charge is 0.298 e. The first-order valence-electron chi connectivity index (χ1n) is 6.15. The summed E-state index contributed by atoms with van der Waals surface area (Å²) < 4.78 is 1.83. The van der Waals surface area contributed by atoms with Crippen molar-refractivity contribution in [3.8, 4) is 11.3 Å². The number of aromatic nitrogens is 2. The van der Waals surface area contributed by atoms with Gasteiger partial charge in [-0.25, -0.2) is 0 Å². The molecule has 18 heavy (non-hydrogen) atoms. The molecule has 0 saturated carbocycles. The molecule has 2 aromatic rings. The van der Waals surface area contributed by atoms with Crippen molar-refractivity contribution >= 4 is 6.29 Å². The van der Waals surface area contributed by atoms with E-state index in [0.29, 0.717) is 5.56 Å². The van der Waals surface area contributed by atoms with Crippen molar-refractivity contribution in [2.24, 2.45) is 0 Å². The minimum absolute atomic E-state index is 0.254. The number of aryl methyl sites for hydroxylation is 2. The van der Waals surface area contributed by atoms with Gasteiger partial charge in [0.1, 0.15) is 5.69 Å². The third-order valence-corrected chi connectivity index (χ3v) is 3.20. The Morgan fingerprint density at radius 3 is 2.50 bits per heavy atom. The molecule has 0 aliphatic carbocycles. The van der Waals surface area contributed by atoms with Crippen LogP contribution in [-0.2, 0) is 0 Å². The van der Waals surface area contributed by atoms with E-state index in [0.717, 1.165) is 17.5 Å². The molecule has 0 bridgehead atoms. The second-order valence-corrected chi connectivity index (χ2v) is 4.92. The van der Waals surface area contributed by atoms with Crippen molar-refractivity contribution < 1.29 is 4.79 Å². The summed E-state index contributed by atoms with van der Waals surface area (Å²) in [5, 5.41) is 4.51. The fraction of sp³-hybridized carbons (Fsp3) is 0.333. The van der Waals surface area contributed by atoms with Crippen molar-refractivity contribution in [2.75, 3.05) is 0 Å². The maximum atomic E-state index is 11.1. The SMILES string of the molecule is Cc1ccc(-c2nn(C(C)C)cc2C=O)cc1C. The van der Waals surface area contributed by atoms with Crippen LogP contribution < -0.4 is 0 Å². The van der Waals surface area contributed by atoms with Crippen molar-refractivity contribution in [1.82, 2.24) is 9.78 Å². The van der Waals surface area contributed by atoms with E-state index in [2.05, 4.69) is 31.1 Å². The van der Waals surface area contributed by atoms with Gasteiger partial charge in [0.05, 0.1) is 5.56 Å². The van der Waals surface area contributed by atoms with Crippen LogP contribution in [0.2, 0.25) is 0 Å². The van der Waals surface area contributed by atoms with Crippen molar-refractivity contribution in [1.29, 1.82) is 0 Å². The number of benzene rings is 1. The fourth-order valence-corrected chi connectivity index (χ4v) is 1.87. The van der Waals surface area contributed by atoms with Crippen LogP contribution in [0.5, 0.6) is 0 Å². The van der Waals surface area contributed by atoms with Crippen LogP contribution >= 0.6 is 0 Å². The van der Waals surface area contributed by atoms with E-state index in [1.54, 1.807) is 0 Å². The summed E-state index contributed by atoms with van der Waals surface area (Å²) in [6.07, 6.45) is 2.68. The molecule has 1 heterocycles. The number of hydrogen-bond donors (Lipinski definition) is 0. The third kappa shape index (κ3) is 2.21. The van der Waals surface area contributed by atoms with Gasteiger partial charge < -0.3 is 0 Å². The molecular weight excluding hydrogens is 224 g/mol. The Morgan fingerprint density at radius 2 is 1.94 bits per heavy atom. The van der Waals surface area contributed by atoms with E-state index in [-0.39, 0.29) is 6.04 Å². The van der Waals surface area contributed by atoms with Gasteiger partial charge in [-0.15, -0.1) is 0 Å². The predicted molar refractivity (Wildman–Crippen MR) is 72.9 cm³/mol. The molecule has 0 fully saturated rings. The lowest BCUT2D eigenvalue weighted by Crippen LogP contribution is -2.00. The summed E-state index contributed by atoms with van der Waals surface area (Å²) >= 11 is 0. The summed E-state index contributed by atoms with van der Waals surface area (Å²) in [6.45, 7) is 8.24. The topological polar surface area (TPSA) is 34.9 Å². The molecule has 1 aromatic carbocycles. The average molecular weight is 242 g/mol. The van der Waals surface area contributed by atoms with Gasteiger partial charge in [0.2, 0.25) is 0 Å². The summed E-state index contributed by atoms with van der Waals surface area (Å²) in [6, 6.07) is 6.41. The molecule has 0 aliphatic rings. The van der Waals surface area contributed by atoms with E-state index >= 15 is 0 Å². The average Bonchev–Trinajstić information content (AvgIpc) is 2.77. The molecule has 0 spiro atoms. The molecule has 0 radical (unpaired) electrons. The Labute approximate surface area is 107 Å². The summed E-state index contributed by atoms with van der Waals surface area (Å²) in [5.74, 6) is 0. The molecule has 3 heteroatoms. The first-order valence-corrected chi connectivity index (χ1v) is 6.15. The molecule has 94 valence electrons. The molecule has 0 atom stereocenters. The Kier molecular flexibility index (Phi) is 3.32. The lowest BCUT2D eigenvalue weighted by atomic mass is 10.0. The number of nitrogens with zero attached hydrogens (tertiary/aromatic N) is 2. The van der Waals surface area contributed by atoms with E-state index in [4.69, 9.17) is 0 Å². The number of carbonyl (C=O) groups excluding carboxylic acids is 1. The van der Waals surface area contributed by atoms with Gasteiger partial charge in [-0.3, -0.25) is 9.48 Å². The molecule has 0 amide bonds. The highest BCUT2D eigenvalue weighted by molar-refractivity contribution is 5.85. The molecule has 2 rings (SSSR count). The highest BCUT2D eigenvalue weighted by Crippen LogP contribution is 2.24. The van der Waals surface area contributed by atoms with Crippen LogP contribution in [0.4, 0.5) is 0 Å². The Hall–Kier alpha value is -1.90. The van der Waals surface area contributed by atoms with Crippen LogP contribution in [0.3, 0.4) is 0 Å². The van der Waals surface area contributed by atoms with Crippen LogP contribution in [0.15, 0.2) is 24.4 Å². The predicted octanol–water partition coefficient (Wildman–Crippen LogP) is 3.56. The minimum Gasteiger partial charge on any atom is -0.298 e.